The van der Waals surface area contributed by atoms with Gasteiger partial charge in [-0.05, 0) is 60.4 Å². The molecule has 2 aromatic rings. The van der Waals surface area contributed by atoms with Crippen LogP contribution in [0.25, 0.3) is 6.08 Å². The summed E-state index contributed by atoms with van der Waals surface area (Å²) in [5, 5.41) is 14.9. The summed E-state index contributed by atoms with van der Waals surface area (Å²) >= 11 is 1.19. The topological polar surface area (TPSA) is 106 Å². The summed E-state index contributed by atoms with van der Waals surface area (Å²) in [4.78, 5) is 30.8. The predicted molar refractivity (Wildman–Crippen MR) is 127 cm³/mol. The molecule has 0 aromatic heterocycles. The summed E-state index contributed by atoms with van der Waals surface area (Å²) in [5.74, 6) is 1.61. The number of piperidine rings is 1. The number of nitrogens with one attached hydrogen (secondary N) is 1. The quantitative estimate of drug-likeness (QED) is 0.403. The van der Waals surface area contributed by atoms with Crippen molar-refractivity contribution in [2.24, 2.45) is 10.9 Å². The summed E-state index contributed by atoms with van der Waals surface area (Å²) in [7, 11) is 0. The number of anilines is 1. The lowest BCUT2D eigenvalue weighted by molar-refractivity contribution is -0.384. The van der Waals surface area contributed by atoms with Gasteiger partial charge in [0.1, 0.15) is 5.69 Å². The van der Waals surface area contributed by atoms with E-state index >= 15 is 0 Å². The van der Waals surface area contributed by atoms with Crippen molar-refractivity contribution in [1.29, 1.82) is 0 Å². The fraction of sp³-hybridized carbons (Fsp3) is 0.304. The predicted octanol–water partition coefficient (Wildman–Crippen LogP) is 4.45. The first-order valence-electron chi connectivity index (χ1n) is 10.7. The van der Waals surface area contributed by atoms with Crippen LogP contribution >= 0.6 is 11.8 Å². The van der Waals surface area contributed by atoms with Gasteiger partial charge < -0.3 is 19.7 Å². The smallest absolute Gasteiger partial charge is 0.293 e. The number of hydrogen-bond donors (Lipinski definition) is 1. The first-order valence-corrected chi connectivity index (χ1v) is 11.5. The number of thioether (sulfide) groups is 1. The first-order chi connectivity index (χ1) is 16.0. The van der Waals surface area contributed by atoms with E-state index in [-0.39, 0.29) is 23.3 Å². The van der Waals surface area contributed by atoms with Crippen LogP contribution in [-0.4, -0.2) is 35.9 Å². The Morgan fingerprint density at radius 1 is 1.18 bits per heavy atom. The first kappa shape index (κ1) is 21.3. The van der Waals surface area contributed by atoms with Crippen molar-refractivity contribution in [3.05, 3.63) is 57.0 Å². The third-order valence-electron chi connectivity index (χ3n) is 5.86. The summed E-state index contributed by atoms with van der Waals surface area (Å²) in [6.07, 6.45) is 3.69. The van der Waals surface area contributed by atoms with Crippen molar-refractivity contribution in [2.75, 3.05) is 24.8 Å². The van der Waals surface area contributed by atoms with Crippen LogP contribution in [-0.2, 0) is 4.79 Å². The molecule has 2 saturated heterocycles. The molecule has 0 radical (unpaired) electrons. The van der Waals surface area contributed by atoms with E-state index in [4.69, 9.17) is 9.47 Å². The summed E-state index contributed by atoms with van der Waals surface area (Å²) in [6, 6.07) is 10.4. The fourth-order valence-electron chi connectivity index (χ4n) is 4.00. The summed E-state index contributed by atoms with van der Waals surface area (Å²) in [6.45, 7) is 3.99. The van der Waals surface area contributed by atoms with Crippen molar-refractivity contribution in [1.82, 2.24) is 5.32 Å². The van der Waals surface area contributed by atoms with Crippen molar-refractivity contribution >= 4 is 46.0 Å². The highest BCUT2D eigenvalue weighted by Gasteiger charge is 2.26. The minimum Gasteiger partial charge on any atom is -0.454 e. The van der Waals surface area contributed by atoms with Gasteiger partial charge in [0.15, 0.2) is 16.7 Å². The van der Waals surface area contributed by atoms with Gasteiger partial charge in [-0.1, -0.05) is 13.0 Å². The molecule has 5 rings (SSSR count). The van der Waals surface area contributed by atoms with Crippen LogP contribution in [0, 0.1) is 16.0 Å². The second-order valence-electron chi connectivity index (χ2n) is 8.19. The van der Waals surface area contributed by atoms with Gasteiger partial charge in [-0.15, -0.1) is 0 Å². The number of amidine groups is 1. The maximum Gasteiger partial charge on any atom is 0.293 e. The Hall–Kier alpha value is -3.53. The molecule has 9 nitrogen and oxygen atoms in total. The van der Waals surface area contributed by atoms with Gasteiger partial charge in [0.25, 0.3) is 11.6 Å². The van der Waals surface area contributed by atoms with E-state index in [9.17, 15) is 14.9 Å². The molecule has 33 heavy (non-hydrogen) atoms. The third-order valence-corrected chi connectivity index (χ3v) is 6.77. The van der Waals surface area contributed by atoms with Gasteiger partial charge >= 0.3 is 0 Å². The van der Waals surface area contributed by atoms with Gasteiger partial charge in [-0.2, -0.15) is 0 Å². The minimum absolute atomic E-state index is 0.0524. The lowest BCUT2D eigenvalue weighted by atomic mass is 9.98. The molecule has 1 N–H and O–H groups in total. The Bertz CT molecular complexity index is 1190. The van der Waals surface area contributed by atoms with Gasteiger partial charge in [0.2, 0.25) is 6.79 Å². The standard InChI is InChI=1S/C23H22N4O5S/c1-14-6-8-26(9-7-14)17-4-2-15(10-18(17)27(29)30)11-21-22(28)25-23(33-21)24-16-3-5-19-20(12-16)32-13-31-19/h2-5,10-12,14H,6-9,13H2,1H3,(H,24,25,28). The SMILES string of the molecule is CC1CCN(c2ccc(C=C3SC(=Nc4ccc5c(c4)OCO5)NC3=O)cc2[N+](=O)[O-])CC1. The van der Waals surface area contributed by atoms with E-state index in [1.165, 1.54) is 17.8 Å². The van der Waals surface area contributed by atoms with Crippen LogP contribution in [0.2, 0.25) is 0 Å². The van der Waals surface area contributed by atoms with E-state index in [1.807, 2.05) is 6.07 Å². The summed E-state index contributed by atoms with van der Waals surface area (Å²) in [5.41, 5.74) is 1.90. The molecule has 170 valence electrons. The number of benzene rings is 2. The largest absolute Gasteiger partial charge is 0.454 e. The van der Waals surface area contributed by atoms with Gasteiger partial charge in [-0.3, -0.25) is 14.9 Å². The highest BCUT2D eigenvalue weighted by atomic mass is 32.2. The van der Waals surface area contributed by atoms with Crippen molar-refractivity contribution < 1.29 is 19.2 Å². The maximum absolute atomic E-state index is 12.5. The fourth-order valence-corrected chi connectivity index (χ4v) is 4.84. The van der Waals surface area contributed by atoms with Crippen LogP contribution in [0.3, 0.4) is 0 Å². The van der Waals surface area contributed by atoms with E-state index in [0.29, 0.717) is 44.4 Å². The van der Waals surface area contributed by atoms with Gasteiger partial charge in [0, 0.05) is 25.2 Å². The Labute approximate surface area is 194 Å². The molecule has 2 aromatic carbocycles. The highest BCUT2D eigenvalue weighted by Crippen LogP contribution is 2.37. The average Bonchev–Trinajstić information content (AvgIpc) is 3.40. The number of aliphatic imine (C=N–C) groups is 1. The van der Waals surface area contributed by atoms with E-state index in [0.717, 1.165) is 25.9 Å². The number of rotatable bonds is 4. The monoisotopic (exact) mass is 466 g/mol. The molecule has 0 unspecified atom stereocenters. The summed E-state index contributed by atoms with van der Waals surface area (Å²) < 4.78 is 10.7. The number of amides is 1. The number of nitro groups is 1. The van der Waals surface area contributed by atoms with Crippen molar-refractivity contribution in [3.63, 3.8) is 0 Å². The zero-order valence-electron chi connectivity index (χ0n) is 17.9. The van der Waals surface area contributed by atoms with Crippen molar-refractivity contribution in [3.8, 4) is 11.5 Å². The molecule has 0 saturated carbocycles. The lowest BCUT2D eigenvalue weighted by Crippen LogP contribution is -2.33. The van der Waals surface area contributed by atoms with E-state index in [1.54, 1.807) is 30.3 Å². The third kappa shape index (κ3) is 4.51. The highest BCUT2D eigenvalue weighted by molar-refractivity contribution is 8.18. The molecule has 3 aliphatic heterocycles. The molecule has 2 fully saturated rings. The van der Waals surface area contributed by atoms with Crippen LogP contribution in [0.4, 0.5) is 17.1 Å². The number of hydrogen-bond acceptors (Lipinski definition) is 8. The number of nitrogens with zero attached hydrogens (tertiary/aromatic N) is 3. The molecule has 10 heteroatoms. The average molecular weight is 467 g/mol. The second-order valence-corrected chi connectivity index (χ2v) is 9.22. The van der Waals surface area contributed by atoms with Crippen LogP contribution in [0.15, 0.2) is 46.3 Å². The second kappa shape index (κ2) is 8.78. The molecule has 1 amide bonds. The molecular formula is C23H22N4O5S. The number of fused-ring (bicyclic) bond motifs is 1. The number of ether oxygens (including phenoxy) is 2. The zero-order valence-corrected chi connectivity index (χ0v) is 18.8. The molecule has 0 aliphatic carbocycles. The van der Waals surface area contributed by atoms with Crippen LogP contribution in [0.1, 0.15) is 25.3 Å². The Balaban J connectivity index is 1.37. The van der Waals surface area contributed by atoms with E-state index < -0.39 is 0 Å². The Morgan fingerprint density at radius 3 is 2.76 bits per heavy atom. The molecular weight excluding hydrogens is 444 g/mol. The zero-order chi connectivity index (χ0) is 22.9. The van der Waals surface area contributed by atoms with Crippen LogP contribution < -0.4 is 19.7 Å². The normalized spacial score (nSPS) is 20.5. The minimum atomic E-state index is -0.357. The number of nitro benzene ring substituents is 1. The Kier molecular flexibility index (Phi) is 5.67. The molecule has 0 spiro atoms. The van der Waals surface area contributed by atoms with Gasteiger partial charge in [-0.25, -0.2) is 4.99 Å². The van der Waals surface area contributed by atoms with Crippen molar-refractivity contribution in [2.45, 2.75) is 19.8 Å². The lowest BCUT2D eigenvalue weighted by Gasteiger charge is -2.31. The molecule has 3 heterocycles. The molecule has 3 aliphatic rings. The maximum atomic E-state index is 12.5. The number of carbonyl (C=O) groups excluding carboxylic acids is 1. The van der Waals surface area contributed by atoms with Gasteiger partial charge in [0.05, 0.1) is 15.5 Å². The molecule has 0 atom stereocenters. The van der Waals surface area contributed by atoms with E-state index in [2.05, 4.69) is 22.1 Å². The molecule has 0 bridgehead atoms. The van der Waals surface area contributed by atoms with Crippen LogP contribution in [0.5, 0.6) is 11.5 Å². The Morgan fingerprint density at radius 2 is 1.97 bits per heavy atom. The number of carbonyl (C=O) groups is 1.